The summed E-state index contributed by atoms with van der Waals surface area (Å²) in [5.74, 6) is 0.258. The van der Waals surface area contributed by atoms with E-state index in [1.165, 1.54) is 18.5 Å². The lowest BCUT2D eigenvalue weighted by molar-refractivity contribution is -0.0226. The Morgan fingerprint density at radius 1 is 1.09 bits per heavy atom. The number of fused-ring (bicyclic) bond motifs is 2. The van der Waals surface area contributed by atoms with Gasteiger partial charge in [0.25, 0.3) is 5.17 Å². The molecule has 1 aliphatic rings. The van der Waals surface area contributed by atoms with Crippen LogP contribution < -0.4 is 10.2 Å². The van der Waals surface area contributed by atoms with Gasteiger partial charge in [-0.1, -0.05) is 12.1 Å². The van der Waals surface area contributed by atoms with Gasteiger partial charge in [-0.2, -0.15) is 0 Å². The third-order valence-corrected chi connectivity index (χ3v) is 8.11. The third-order valence-electron chi connectivity index (χ3n) is 7.08. The number of anilines is 2. The topological polar surface area (TPSA) is 144 Å². The van der Waals surface area contributed by atoms with Crippen molar-refractivity contribution in [2.24, 2.45) is 0 Å². The number of nitrogens with zero attached hydrogens (tertiary/aromatic N) is 7. The first-order chi connectivity index (χ1) is 20.8. The second kappa shape index (κ2) is 12.4. The Morgan fingerprint density at radius 3 is 2.74 bits per heavy atom. The number of benzene rings is 2. The van der Waals surface area contributed by atoms with Crippen LogP contribution in [0.2, 0.25) is 0 Å². The molecule has 0 bridgehead atoms. The van der Waals surface area contributed by atoms with Crippen LogP contribution in [-0.2, 0) is 22.6 Å². The predicted octanol–water partition coefficient (Wildman–Crippen LogP) is 3.21. The van der Waals surface area contributed by atoms with E-state index >= 15 is 0 Å². The van der Waals surface area contributed by atoms with Crippen LogP contribution in [0.5, 0.6) is 0 Å². The van der Waals surface area contributed by atoms with Gasteiger partial charge in [-0.25, -0.2) is 19.3 Å². The molecule has 2 aromatic carbocycles. The maximum absolute atomic E-state index is 13.7. The summed E-state index contributed by atoms with van der Waals surface area (Å²) >= 11 is 8.86. The number of aliphatic hydroxyl groups is 2. The number of hydrogen-bond donors (Lipinski definition) is 3. The fourth-order valence-electron chi connectivity index (χ4n) is 4.98. The molecule has 4 atom stereocenters. The van der Waals surface area contributed by atoms with E-state index in [1.54, 1.807) is 41.5 Å². The van der Waals surface area contributed by atoms with E-state index in [0.29, 0.717) is 39.2 Å². The lowest BCUT2D eigenvalue weighted by Gasteiger charge is -2.19. The minimum Gasteiger partial charge on any atom is -0.468 e. The van der Waals surface area contributed by atoms with Crippen LogP contribution in [0, 0.1) is 5.82 Å². The summed E-state index contributed by atoms with van der Waals surface area (Å²) in [5.41, 5.74) is 3.87. The molecule has 0 saturated carbocycles. The highest BCUT2D eigenvalue weighted by Gasteiger charge is 2.43. The van der Waals surface area contributed by atoms with Crippen molar-refractivity contribution < 1.29 is 24.1 Å². The van der Waals surface area contributed by atoms with Gasteiger partial charge in [-0.05, 0) is 58.0 Å². The molecular weight excluding hydrogens is 643 g/mol. The molecule has 222 valence electrons. The SMILES string of the molecule is CN(Cc1cccc(F)c1)c1ncnc2c1ncn2C[C@@H]1O[C@H](COC(=S)Nc2ccc3nccnc3c2Br)[C@@H](O)[C@H]1O. The van der Waals surface area contributed by atoms with E-state index in [1.807, 2.05) is 18.0 Å². The third kappa shape index (κ3) is 6.12. The summed E-state index contributed by atoms with van der Waals surface area (Å²) < 4.78 is 27.7. The zero-order valence-electron chi connectivity index (χ0n) is 22.7. The number of halogens is 2. The second-order valence-electron chi connectivity index (χ2n) is 10.0. The maximum atomic E-state index is 13.7. The molecule has 4 heterocycles. The number of nitrogens with one attached hydrogen (secondary N) is 1. The number of hydrogen-bond acceptors (Lipinski definition) is 11. The summed E-state index contributed by atoms with van der Waals surface area (Å²) in [6, 6.07) is 9.96. The highest BCUT2D eigenvalue weighted by molar-refractivity contribution is 9.10. The molecule has 1 aliphatic heterocycles. The van der Waals surface area contributed by atoms with Crippen molar-refractivity contribution in [1.29, 1.82) is 0 Å². The molecule has 0 spiro atoms. The Hall–Kier alpha value is -3.89. The lowest BCUT2D eigenvalue weighted by Crippen LogP contribution is -2.36. The van der Waals surface area contributed by atoms with E-state index in [4.69, 9.17) is 21.7 Å². The maximum Gasteiger partial charge on any atom is 0.261 e. The number of imidazole rings is 1. The highest BCUT2D eigenvalue weighted by Crippen LogP contribution is 2.30. The Bertz CT molecular complexity index is 1790. The van der Waals surface area contributed by atoms with Crippen molar-refractivity contribution in [1.82, 2.24) is 29.5 Å². The molecule has 0 radical (unpaired) electrons. The molecule has 12 nitrogen and oxygen atoms in total. The molecule has 15 heteroatoms. The van der Waals surface area contributed by atoms with Gasteiger partial charge in [0.2, 0.25) is 0 Å². The number of aliphatic hydroxyl groups excluding tert-OH is 2. The van der Waals surface area contributed by atoms with Crippen molar-refractivity contribution in [3.8, 4) is 0 Å². The van der Waals surface area contributed by atoms with Crippen LogP contribution in [0.1, 0.15) is 5.56 Å². The zero-order chi connectivity index (χ0) is 30.1. The van der Waals surface area contributed by atoms with E-state index < -0.39 is 24.4 Å². The van der Waals surface area contributed by atoms with Crippen molar-refractivity contribution >= 4 is 67.0 Å². The van der Waals surface area contributed by atoms with Crippen LogP contribution in [0.4, 0.5) is 15.9 Å². The van der Waals surface area contributed by atoms with Gasteiger partial charge >= 0.3 is 0 Å². The highest BCUT2D eigenvalue weighted by atomic mass is 79.9. The number of aromatic nitrogens is 6. The normalized spacial score (nSPS) is 20.0. The first-order valence-electron chi connectivity index (χ1n) is 13.2. The minimum absolute atomic E-state index is 0.0601. The standard InChI is InChI=1S/C28H26BrFN8O4S/c1-37(10-15-3-2-4-16(30)9-15)26-23-27(34-13-33-26)38(14-35-23)11-19-24(39)25(40)20(42-19)12-41-28(43)36-17-5-6-18-22(21(17)29)32-8-7-31-18/h2-9,13-14,19-20,24-25,39-40H,10-12H2,1H3,(H,36,43)/t19-,20+,24-,25+/m0/s1. The fraction of sp³-hybridized carbons (Fsp3) is 0.286. The average Bonchev–Trinajstić information content (AvgIpc) is 3.53. The van der Waals surface area contributed by atoms with Gasteiger partial charge in [-0.15, -0.1) is 0 Å². The molecule has 1 fully saturated rings. The minimum atomic E-state index is -1.20. The van der Waals surface area contributed by atoms with Gasteiger partial charge in [-0.3, -0.25) is 9.97 Å². The Kier molecular flexibility index (Phi) is 8.41. The fourth-order valence-corrected chi connectivity index (χ4v) is 5.69. The molecule has 43 heavy (non-hydrogen) atoms. The molecule has 0 amide bonds. The number of thiocarbonyl (C=S) groups is 1. The first kappa shape index (κ1) is 29.2. The summed E-state index contributed by atoms with van der Waals surface area (Å²) in [5, 5.41) is 24.5. The van der Waals surface area contributed by atoms with Crippen molar-refractivity contribution in [2.75, 3.05) is 23.9 Å². The van der Waals surface area contributed by atoms with Gasteiger partial charge in [0.1, 0.15) is 48.7 Å². The Balaban J connectivity index is 1.09. The van der Waals surface area contributed by atoms with E-state index in [2.05, 4.69) is 46.2 Å². The van der Waals surface area contributed by atoms with Gasteiger partial charge in [0.15, 0.2) is 17.0 Å². The van der Waals surface area contributed by atoms with Gasteiger partial charge in [0, 0.05) is 26.0 Å². The van der Waals surface area contributed by atoms with E-state index in [-0.39, 0.29) is 24.1 Å². The van der Waals surface area contributed by atoms with Crippen LogP contribution >= 0.6 is 28.1 Å². The molecule has 3 N–H and O–H groups in total. The van der Waals surface area contributed by atoms with Crippen molar-refractivity contribution in [2.45, 2.75) is 37.5 Å². The summed E-state index contributed by atoms with van der Waals surface area (Å²) in [6.45, 7) is 0.494. The molecule has 0 aliphatic carbocycles. The number of ether oxygens (including phenoxy) is 2. The monoisotopic (exact) mass is 668 g/mol. The first-order valence-corrected chi connectivity index (χ1v) is 14.4. The smallest absolute Gasteiger partial charge is 0.261 e. The summed E-state index contributed by atoms with van der Waals surface area (Å²) in [7, 11) is 1.84. The molecule has 0 unspecified atom stereocenters. The van der Waals surface area contributed by atoms with Crippen LogP contribution in [0.25, 0.3) is 22.2 Å². The van der Waals surface area contributed by atoms with Crippen LogP contribution in [0.15, 0.2) is 65.9 Å². The zero-order valence-corrected chi connectivity index (χ0v) is 25.1. The van der Waals surface area contributed by atoms with E-state index in [0.717, 1.165) is 11.1 Å². The summed E-state index contributed by atoms with van der Waals surface area (Å²) in [4.78, 5) is 23.7. The largest absolute Gasteiger partial charge is 0.468 e. The molecule has 3 aromatic heterocycles. The Labute approximate surface area is 258 Å². The van der Waals surface area contributed by atoms with Crippen LogP contribution in [-0.4, -0.2) is 82.9 Å². The van der Waals surface area contributed by atoms with Crippen molar-refractivity contribution in [3.05, 3.63) is 77.3 Å². The molecule has 5 aromatic rings. The molecule has 6 rings (SSSR count). The predicted molar refractivity (Wildman–Crippen MR) is 164 cm³/mol. The van der Waals surface area contributed by atoms with E-state index in [9.17, 15) is 14.6 Å². The van der Waals surface area contributed by atoms with Crippen molar-refractivity contribution in [3.63, 3.8) is 0 Å². The lowest BCUT2D eigenvalue weighted by atomic mass is 10.1. The quantitative estimate of drug-likeness (QED) is 0.209. The molecular formula is C28H26BrFN8O4S. The van der Waals surface area contributed by atoms with Gasteiger partial charge < -0.3 is 34.5 Å². The van der Waals surface area contributed by atoms with Crippen LogP contribution in [0.3, 0.4) is 0 Å². The Morgan fingerprint density at radius 2 is 1.91 bits per heavy atom. The average molecular weight is 670 g/mol. The molecule has 1 saturated heterocycles. The number of rotatable bonds is 8. The summed E-state index contributed by atoms with van der Waals surface area (Å²) in [6.07, 6.45) is 2.23. The second-order valence-corrected chi connectivity index (χ2v) is 11.2. The van der Waals surface area contributed by atoms with Gasteiger partial charge in [0.05, 0.1) is 28.5 Å².